The normalized spacial score (nSPS) is 53.1. The summed E-state index contributed by atoms with van der Waals surface area (Å²) >= 11 is 0. The molecule has 0 aromatic carbocycles. The molecule has 0 aromatic heterocycles. The van der Waals surface area contributed by atoms with E-state index < -0.39 is 6.29 Å². The maximum absolute atomic E-state index is 12.5. The van der Waals surface area contributed by atoms with Gasteiger partial charge in [-0.15, -0.1) is 0 Å². The summed E-state index contributed by atoms with van der Waals surface area (Å²) in [5, 5.41) is 0. The Morgan fingerprint density at radius 1 is 0.897 bits per heavy atom. The van der Waals surface area contributed by atoms with Gasteiger partial charge in [-0.3, -0.25) is 0 Å². The molecule has 1 heterocycles. The van der Waals surface area contributed by atoms with Gasteiger partial charge >= 0.3 is 5.97 Å². The summed E-state index contributed by atoms with van der Waals surface area (Å²) in [6, 6.07) is 0. The van der Waals surface area contributed by atoms with Crippen molar-refractivity contribution in [3.05, 3.63) is 11.6 Å². The monoisotopic (exact) mass is 400 g/mol. The number of rotatable bonds is 1. The van der Waals surface area contributed by atoms with Gasteiger partial charge in [0.1, 0.15) is 0 Å². The molecular weight excluding hydrogens is 360 g/mol. The van der Waals surface area contributed by atoms with Gasteiger partial charge in [0.2, 0.25) is 6.29 Å². The molecule has 29 heavy (non-hydrogen) atoms. The number of carbonyl (C=O) groups is 1. The fourth-order valence-corrected chi connectivity index (χ4v) is 9.88. The van der Waals surface area contributed by atoms with Crippen LogP contribution in [0.25, 0.3) is 0 Å². The minimum atomic E-state index is -0.401. The Morgan fingerprint density at radius 3 is 2.28 bits per heavy atom. The lowest BCUT2D eigenvalue weighted by molar-refractivity contribution is -0.216. The lowest BCUT2D eigenvalue weighted by Gasteiger charge is -2.69. The number of esters is 1. The van der Waals surface area contributed by atoms with Gasteiger partial charge in [0, 0.05) is 12.7 Å². The second-order valence-electron chi connectivity index (χ2n) is 12.5. The van der Waals surface area contributed by atoms with Crippen LogP contribution in [0.1, 0.15) is 86.0 Å². The average molecular weight is 401 g/mol. The molecule has 0 N–H and O–H groups in total. The molecule has 3 nitrogen and oxygen atoms in total. The number of fused-ring (bicyclic) bond motifs is 7. The molecule has 8 atom stereocenters. The van der Waals surface area contributed by atoms with Crippen molar-refractivity contribution in [2.45, 2.75) is 92.3 Å². The van der Waals surface area contributed by atoms with Crippen LogP contribution in [0.5, 0.6) is 0 Å². The standard InChI is InChI=1S/C26H40O3/c1-23(2)12-7-13-24(3)17(23)10-14-25(4)18-9-8-16-20(22(28-6)29-21(16)27)26(18,5)15-11-19(24)25/h8,17-20,22H,7,9-15H2,1-6H3. The van der Waals surface area contributed by atoms with Gasteiger partial charge < -0.3 is 9.47 Å². The molecule has 8 unspecified atom stereocenters. The lowest BCUT2D eigenvalue weighted by Crippen LogP contribution is -2.63. The van der Waals surface area contributed by atoms with E-state index in [0.717, 1.165) is 23.8 Å². The Morgan fingerprint density at radius 2 is 1.55 bits per heavy atom. The van der Waals surface area contributed by atoms with Crippen molar-refractivity contribution in [1.82, 2.24) is 0 Å². The van der Waals surface area contributed by atoms with Crippen LogP contribution in [0.4, 0.5) is 0 Å². The molecule has 0 aromatic rings. The fourth-order valence-electron chi connectivity index (χ4n) is 9.88. The Labute approximate surface area is 177 Å². The van der Waals surface area contributed by atoms with Crippen LogP contribution in [0, 0.1) is 45.3 Å². The van der Waals surface area contributed by atoms with E-state index in [2.05, 4.69) is 40.7 Å². The van der Waals surface area contributed by atoms with E-state index in [0.29, 0.717) is 22.2 Å². The Kier molecular flexibility index (Phi) is 4.24. The van der Waals surface area contributed by atoms with Crippen molar-refractivity contribution in [1.29, 1.82) is 0 Å². The molecule has 5 aliphatic rings. The van der Waals surface area contributed by atoms with Gasteiger partial charge in [-0.1, -0.05) is 47.1 Å². The van der Waals surface area contributed by atoms with Crippen LogP contribution < -0.4 is 0 Å². The van der Waals surface area contributed by atoms with Gasteiger partial charge in [-0.25, -0.2) is 4.79 Å². The van der Waals surface area contributed by atoms with Crippen LogP contribution in [-0.2, 0) is 14.3 Å². The maximum atomic E-state index is 12.5. The number of allylic oxidation sites excluding steroid dienone is 1. The van der Waals surface area contributed by atoms with Gasteiger partial charge in [0.15, 0.2) is 0 Å². The second-order valence-corrected chi connectivity index (χ2v) is 12.5. The maximum Gasteiger partial charge on any atom is 0.336 e. The number of ether oxygens (including phenoxy) is 2. The van der Waals surface area contributed by atoms with E-state index in [9.17, 15) is 4.79 Å². The highest BCUT2D eigenvalue weighted by Crippen LogP contribution is 2.73. The molecule has 5 rings (SSSR count). The minimum Gasteiger partial charge on any atom is -0.432 e. The molecule has 3 heteroatoms. The third kappa shape index (κ3) is 2.43. The molecule has 4 fully saturated rings. The van der Waals surface area contributed by atoms with Crippen LogP contribution >= 0.6 is 0 Å². The van der Waals surface area contributed by atoms with Crippen LogP contribution in [-0.4, -0.2) is 19.4 Å². The van der Waals surface area contributed by atoms with Crippen molar-refractivity contribution < 1.29 is 14.3 Å². The third-order valence-electron chi connectivity index (χ3n) is 11.0. The number of methoxy groups -OCH3 is 1. The SMILES string of the molecule is COC1OC(=O)C2=CCC3C(C)(CCC4C5(C)CCCC(C)(C)C5CCC34C)C21. The predicted octanol–water partition coefficient (Wildman–Crippen LogP) is 6.13. The first-order valence-electron chi connectivity index (χ1n) is 12.0. The Balaban J connectivity index is 1.55. The molecule has 0 amide bonds. The summed E-state index contributed by atoms with van der Waals surface area (Å²) in [6.45, 7) is 12.8. The van der Waals surface area contributed by atoms with Crippen molar-refractivity contribution >= 4 is 5.97 Å². The quantitative estimate of drug-likeness (QED) is 0.497. The first-order chi connectivity index (χ1) is 13.6. The highest BCUT2D eigenvalue weighted by Gasteiger charge is 2.67. The van der Waals surface area contributed by atoms with Crippen molar-refractivity contribution in [3.8, 4) is 0 Å². The topological polar surface area (TPSA) is 35.5 Å². The summed E-state index contributed by atoms with van der Waals surface area (Å²) in [5.41, 5.74) is 2.27. The summed E-state index contributed by atoms with van der Waals surface area (Å²) in [4.78, 5) is 12.5. The van der Waals surface area contributed by atoms with Crippen LogP contribution in [0.3, 0.4) is 0 Å². The van der Waals surface area contributed by atoms with Gasteiger partial charge in [-0.05, 0) is 84.4 Å². The van der Waals surface area contributed by atoms with Gasteiger partial charge in [-0.2, -0.15) is 0 Å². The van der Waals surface area contributed by atoms with Crippen LogP contribution in [0.2, 0.25) is 0 Å². The zero-order chi connectivity index (χ0) is 20.8. The molecule has 162 valence electrons. The number of cyclic esters (lactones) is 1. The van der Waals surface area contributed by atoms with E-state index in [4.69, 9.17) is 9.47 Å². The van der Waals surface area contributed by atoms with Gasteiger partial charge in [0.25, 0.3) is 0 Å². The number of hydrogen-bond acceptors (Lipinski definition) is 3. The van der Waals surface area contributed by atoms with Crippen molar-refractivity contribution in [3.63, 3.8) is 0 Å². The molecule has 0 spiro atoms. The second kappa shape index (κ2) is 6.11. The summed E-state index contributed by atoms with van der Waals surface area (Å²) in [5.74, 6) is 2.21. The molecule has 0 radical (unpaired) electrons. The third-order valence-corrected chi connectivity index (χ3v) is 11.0. The van der Waals surface area contributed by atoms with Crippen LogP contribution in [0.15, 0.2) is 11.6 Å². The van der Waals surface area contributed by atoms with E-state index >= 15 is 0 Å². The number of carbonyl (C=O) groups excluding carboxylic acids is 1. The smallest absolute Gasteiger partial charge is 0.336 e. The Bertz CT molecular complexity index is 753. The molecular formula is C26H40O3. The van der Waals surface area contributed by atoms with Gasteiger partial charge in [0.05, 0.1) is 5.92 Å². The van der Waals surface area contributed by atoms with Crippen molar-refractivity contribution in [2.75, 3.05) is 7.11 Å². The molecule has 3 saturated carbocycles. The minimum absolute atomic E-state index is 0.0928. The van der Waals surface area contributed by atoms with E-state index in [1.807, 2.05) is 0 Å². The molecule has 4 aliphatic carbocycles. The summed E-state index contributed by atoms with van der Waals surface area (Å²) < 4.78 is 11.3. The fraction of sp³-hybridized carbons (Fsp3) is 0.885. The highest BCUT2D eigenvalue weighted by molar-refractivity contribution is 5.91. The summed E-state index contributed by atoms with van der Waals surface area (Å²) in [6.07, 6.45) is 12.2. The Hall–Kier alpha value is -0.830. The molecule has 0 bridgehead atoms. The first-order valence-corrected chi connectivity index (χ1v) is 12.0. The zero-order valence-electron chi connectivity index (χ0n) is 19.3. The summed E-state index contributed by atoms with van der Waals surface area (Å²) in [7, 11) is 1.69. The number of hydrogen-bond donors (Lipinski definition) is 0. The van der Waals surface area contributed by atoms with E-state index in [1.54, 1.807) is 7.11 Å². The molecule has 1 saturated heterocycles. The van der Waals surface area contributed by atoms with E-state index in [1.165, 1.54) is 44.9 Å². The predicted molar refractivity (Wildman–Crippen MR) is 114 cm³/mol. The first kappa shape index (κ1) is 20.1. The molecule has 1 aliphatic heterocycles. The highest BCUT2D eigenvalue weighted by atomic mass is 16.7. The lowest BCUT2D eigenvalue weighted by atomic mass is 9.35. The van der Waals surface area contributed by atoms with Crippen molar-refractivity contribution in [2.24, 2.45) is 45.3 Å². The zero-order valence-corrected chi connectivity index (χ0v) is 19.3. The largest absolute Gasteiger partial charge is 0.432 e. The van der Waals surface area contributed by atoms with E-state index in [-0.39, 0.29) is 17.3 Å². The average Bonchev–Trinajstić information content (AvgIpc) is 2.97.